The number of benzene rings is 2. The third-order valence-electron chi connectivity index (χ3n) is 5.37. The number of imidazole rings is 1. The number of nitrogens with zero attached hydrogens (tertiary/aromatic N) is 5. The Balaban J connectivity index is 1.63. The number of aromatic nitrogens is 5. The van der Waals surface area contributed by atoms with Crippen LogP contribution >= 0.6 is 0 Å². The van der Waals surface area contributed by atoms with Gasteiger partial charge in [0.15, 0.2) is 0 Å². The second kappa shape index (κ2) is 6.44. The van der Waals surface area contributed by atoms with Gasteiger partial charge in [0.1, 0.15) is 17.7 Å². The maximum atomic E-state index is 14.6. The van der Waals surface area contributed by atoms with Gasteiger partial charge in [-0.1, -0.05) is 18.2 Å². The maximum absolute atomic E-state index is 14.6. The Morgan fingerprint density at radius 2 is 1.89 bits per heavy atom. The number of nitrogens with one attached hydrogen (secondary N) is 1. The third kappa shape index (κ3) is 2.74. The van der Waals surface area contributed by atoms with E-state index >= 15 is 0 Å². The van der Waals surface area contributed by atoms with Crippen molar-refractivity contribution in [2.45, 2.75) is 32.5 Å². The van der Waals surface area contributed by atoms with Crippen LogP contribution in [0.4, 0.5) is 10.1 Å². The van der Waals surface area contributed by atoms with Crippen LogP contribution in [0.3, 0.4) is 0 Å². The maximum Gasteiger partial charge on any atom is 0.130 e. The van der Waals surface area contributed by atoms with E-state index in [0.29, 0.717) is 13.0 Å². The lowest BCUT2D eigenvalue weighted by Gasteiger charge is -2.27. The Bertz CT molecular complexity index is 1130. The predicted octanol–water partition coefficient (Wildman–Crippen LogP) is 4.05. The van der Waals surface area contributed by atoms with E-state index in [9.17, 15) is 4.39 Å². The Kier molecular flexibility index (Phi) is 3.89. The summed E-state index contributed by atoms with van der Waals surface area (Å²) in [5.41, 5.74) is 5.89. The molecule has 1 aliphatic heterocycles. The fourth-order valence-corrected chi connectivity index (χ4v) is 4.04. The van der Waals surface area contributed by atoms with Gasteiger partial charge in [-0.15, -0.1) is 4.80 Å². The highest BCUT2D eigenvalue weighted by Crippen LogP contribution is 2.39. The van der Waals surface area contributed by atoms with E-state index in [1.807, 2.05) is 44.2 Å². The van der Waals surface area contributed by atoms with Crippen LogP contribution in [0.25, 0.3) is 16.7 Å². The summed E-state index contributed by atoms with van der Waals surface area (Å²) in [7, 11) is 0. The van der Waals surface area contributed by atoms with Crippen LogP contribution in [0.1, 0.15) is 29.4 Å². The molecule has 1 N–H and O–H groups in total. The number of hydrogen-bond acceptors (Lipinski definition) is 4. The smallest absolute Gasteiger partial charge is 0.130 e. The van der Waals surface area contributed by atoms with Crippen molar-refractivity contribution in [2.24, 2.45) is 0 Å². The van der Waals surface area contributed by atoms with Crippen LogP contribution in [-0.4, -0.2) is 37.7 Å². The second-order valence-electron chi connectivity index (χ2n) is 7.40. The minimum Gasteiger partial charge on any atom is -0.357 e. The van der Waals surface area contributed by atoms with Gasteiger partial charge in [-0.05, 0) is 43.2 Å². The highest BCUT2D eigenvalue weighted by molar-refractivity contribution is 5.79. The van der Waals surface area contributed by atoms with Gasteiger partial charge in [0, 0.05) is 6.42 Å². The number of fused-ring (bicyclic) bond motifs is 1. The summed E-state index contributed by atoms with van der Waals surface area (Å²) in [4.78, 5) is 11.9. The van der Waals surface area contributed by atoms with Crippen molar-refractivity contribution >= 4 is 16.7 Å². The summed E-state index contributed by atoms with van der Waals surface area (Å²) < 4.78 is 14.6. The largest absolute Gasteiger partial charge is 0.357 e. The molecule has 2 aromatic heterocycles. The molecule has 7 heteroatoms. The second-order valence-corrected chi connectivity index (χ2v) is 7.40. The van der Waals surface area contributed by atoms with Gasteiger partial charge in [0.2, 0.25) is 0 Å². The van der Waals surface area contributed by atoms with Crippen molar-refractivity contribution in [2.75, 3.05) is 11.4 Å². The average Bonchev–Trinajstić information content (AvgIpc) is 3.41. The van der Waals surface area contributed by atoms with E-state index in [1.165, 1.54) is 0 Å². The number of H-pyrrole nitrogens is 1. The van der Waals surface area contributed by atoms with Crippen LogP contribution in [-0.2, 0) is 0 Å². The van der Waals surface area contributed by atoms with E-state index in [0.717, 1.165) is 39.4 Å². The molecule has 0 amide bonds. The number of alkyl halides is 1. The SMILES string of the molecule is Cc1ccc(-n2nccn2)c(N2C[C@H](F)C[C@H]2c2nc3c(C)cccc3[nH]2)c1. The summed E-state index contributed by atoms with van der Waals surface area (Å²) in [6, 6.07) is 12.0. The summed E-state index contributed by atoms with van der Waals surface area (Å²) in [5, 5.41) is 8.55. The molecule has 5 rings (SSSR count). The molecular weight excluding hydrogens is 355 g/mol. The fourth-order valence-electron chi connectivity index (χ4n) is 4.04. The minimum absolute atomic E-state index is 0.169. The Hall–Kier alpha value is -3.22. The minimum atomic E-state index is -0.918. The van der Waals surface area contributed by atoms with E-state index in [-0.39, 0.29) is 6.04 Å². The molecule has 0 unspecified atom stereocenters. The molecule has 142 valence electrons. The lowest BCUT2D eigenvalue weighted by molar-refractivity contribution is 0.355. The number of aryl methyl sites for hydroxylation is 2. The molecule has 4 aromatic rings. The van der Waals surface area contributed by atoms with E-state index in [4.69, 9.17) is 4.98 Å². The molecule has 28 heavy (non-hydrogen) atoms. The van der Waals surface area contributed by atoms with Gasteiger partial charge in [-0.3, -0.25) is 0 Å². The number of hydrogen-bond donors (Lipinski definition) is 1. The molecule has 1 aliphatic rings. The zero-order valence-corrected chi connectivity index (χ0v) is 15.8. The molecule has 3 heterocycles. The van der Waals surface area contributed by atoms with E-state index in [1.54, 1.807) is 17.2 Å². The van der Waals surface area contributed by atoms with Crippen molar-refractivity contribution in [3.05, 3.63) is 65.7 Å². The van der Waals surface area contributed by atoms with Crippen molar-refractivity contribution in [3.63, 3.8) is 0 Å². The van der Waals surface area contributed by atoms with Crippen LogP contribution in [0.2, 0.25) is 0 Å². The van der Waals surface area contributed by atoms with Crippen molar-refractivity contribution in [1.29, 1.82) is 0 Å². The summed E-state index contributed by atoms with van der Waals surface area (Å²) in [6.07, 6.45) is 2.77. The highest BCUT2D eigenvalue weighted by Gasteiger charge is 2.36. The predicted molar refractivity (Wildman–Crippen MR) is 107 cm³/mol. The molecule has 0 saturated carbocycles. The van der Waals surface area contributed by atoms with Gasteiger partial charge < -0.3 is 9.88 Å². The first-order valence-corrected chi connectivity index (χ1v) is 9.43. The monoisotopic (exact) mass is 376 g/mol. The van der Waals surface area contributed by atoms with Crippen LogP contribution in [0, 0.1) is 13.8 Å². The molecular formula is C21H21FN6. The number of anilines is 1. The van der Waals surface area contributed by atoms with Crippen LogP contribution in [0.15, 0.2) is 48.8 Å². The van der Waals surface area contributed by atoms with Crippen molar-refractivity contribution < 1.29 is 4.39 Å². The molecule has 2 aromatic carbocycles. The highest BCUT2D eigenvalue weighted by atomic mass is 19.1. The van der Waals surface area contributed by atoms with Crippen LogP contribution in [0.5, 0.6) is 0 Å². The molecule has 0 bridgehead atoms. The molecule has 0 spiro atoms. The molecule has 1 fully saturated rings. The number of halogens is 1. The number of para-hydroxylation sites is 1. The molecule has 0 radical (unpaired) electrons. The topological polar surface area (TPSA) is 62.6 Å². The lowest BCUT2D eigenvalue weighted by atomic mass is 10.1. The summed E-state index contributed by atoms with van der Waals surface area (Å²) in [5.74, 6) is 0.797. The standard InChI is InChI=1S/C21H21FN6/c1-13-6-7-17(28-23-8-9-24-28)18(10-13)27-12-15(22)11-19(27)21-25-16-5-3-4-14(2)20(16)26-21/h3-10,15,19H,11-12H2,1-2H3,(H,25,26)/t15-,19+/m1/s1. The third-order valence-corrected chi connectivity index (χ3v) is 5.37. The van der Waals surface area contributed by atoms with Gasteiger partial charge in [0.25, 0.3) is 0 Å². The Labute approximate surface area is 162 Å². The number of rotatable bonds is 3. The molecule has 2 atom stereocenters. The first-order valence-electron chi connectivity index (χ1n) is 9.43. The van der Waals surface area contributed by atoms with Gasteiger partial charge in [-0.25, -0.2) is 9.37 Å². The molecule has 6 nitrogen and oxygen atoms in total. The zero-order valence-electron chi connectivity index (χ0n) is 15.8. The fraction of sp³-hybridized carbons (Fsp3) is 0.286. The average molecular weight is 376 g/mol. The van der Waals surface area contributed by atoms with Gasteiger partial charge in [0.05, 0.1) is 41.7 Å². The van der Waals surface area contributed by atoms with Gasteiger partial charge >= 0.3 is 0 Å². The van der Waals surface area contributed by atoms with Crippen LogP contribution < -0.4 is 4.90 Å². The lowest BCUT2D eigenvalue weighted by Crippen LogP contribution is -2.26. The normalized spacial score (nSPS) is 19.6. The van der Waals surface area contributed by atoms with E-state index < -0.39 is 6.17 Å². The Morgan fingerprint density at radius 3 is 2.68 bits per heavy atom. The molecule has 1 saturated heterocycles. The molecule has 0 aliphatic carbocycles. The Morgan fingerprint density at radius 1 is 1.07 bits per heavy atom. The first-order chi connectivity index (χ1) is 13.6. The zero-order chi connectivity index (χ0) is 19.3. The van der Waals surface area contributed by atoms with E-state index in [2.05, 4.69) is 26.1 Å². The van der Waals surface area contributed by atoms with Gasteiger partial charge in [-0.2, -0.15) is 10.2 Å². The summed E-state index contributed by atoms with van der Waals surface area (Å²) >= 11 is 0. The van der Waals surface area contributed by atoms with Crippen molar-refractivity contribution in [3.8, 4) is 5.69 Å². The number of aromatic amines is 1. The van der Waals surface area contributed by atoms with Crippen molar-refractivity contribution in [1.82, 2.24) is 25.0 Å². The quantitative estimate of drug-likeness (QED) is 0.586. The summed E-state index contributed by atoms with van der Waals surface area (Å²) in [6.45, 7) is 4.39. The first kappa shape index (κ1) is 16.9.